The highest BCUT2D eigenvalue weighted by Crippen LogP contribution is 2.20. The molecule has 0 aromatic rings. The van der Waals surface area contributed by atoms with Crippen LogP contribution in [0.4, 0.5) is 0 Å². The van der Waals surface area contributed by atoms with Crippen LogP contribution >= 0.6 is 0 Å². The van der Waals surface area contributed by atoms with Crippen molar-refractivity contribution in [3.05, 3.63) is 0 Å². The van der Waals surface area contributed by atoms with Crippen LogP contribution < -0.4 is 16.8 Å². The van der Waals surface area contributed by atoms with Gasteiger partial charge in [-0.15, -0.1) is 0 Å². The van der Waals surface area contributed by atoms with Gasteiger partial charge in [0.15, 0.2) is 0 Å². The Morgan fingerprint density at radius 2 is 2.00 bits per heavy atom. The van der Waals surface area contributed by atoms with Gasteiger partial charge in [-0.2, -0.15) is 0 Å². The molecular weight excluding hydrogens is 178 g/mol. The van der Waals surface area contributed by atoms with Gasteiger partial charge in [-0.1, -0.05) is 20.8 Å². The predicted octanol–water partition coefficient (Wildman–Crippen LogP) is 0.215. The van der Waals surface area contributed by atoms with Crippen molar-refractivity contribution < 1.29 is 4.79 Å². The molecule has 0 radical (unpaired) electrons. The van der Waals surface area contributed by atoms with Crippen LogP contribution in [0, 0.1) is 5.41 Å². The van der Waals surface area contributed by atoms with Crippen molar-refractivity contribution in [2.24, 2.45) is 16.9 Å². The zero-order valence-corrected chi connectivity index (χ0v) is 9.47. The molecule has 84 valence electrons. The van der Waals surface area contributed by atoms with Gasteiger partial charge in [-0.25, -0.2) is 0 Å². The van der Waals surface area contributed by atoms with Gasteiger partial charge in [-0.3, -0.25) is 4.79 Å². The maximum atomic E-state index is 11.3. The third-order valence-electron chi connectivity index (χ3n) is 1.79. The third kappa shape index (κ3) is 8.01. The maximum Gasteiger partial charge on any atom is 0.221 e. The second-order valence-corrected chi connectivity index (χ2v) is 4.87. The Bertz CT molecular complexity index is 175. The first kappa shape index (κ1) is 13.4. The normalized spacial score (nSPS) is 13.8. The molecule has 0 spiro atoms. The molecule has 0 rings (SSSR count). The fourth-order valence-corrected chi connectivity index (χ4v) is 1.38. The minimum atomic E-state index is -0.0622. The van der Waals surface area contributed by atoms with E-state index in [1.807, 2.05) is 0 Å². The summed E-state index contributed by atoms with van der Waals surface area (Å²) in [4.78, 5) is 11.3. The second kappa shape index (κ2) is 5.98. The summed E-state index contributed by atoms with van der Waals surface area (Å²) >= 11 is 0. The summed E-state index contributed by atoms with van der Waals surface area (Å²) in [5, 5.41) is 2.71. The van der Waals surface area contributed by atoms with Crippen molar-refractivity contribution in [1.82, 2.24) is 5.32 Å². The largest absolute Gasteiger partial charge is 0.355 e. The first-order chi connectivity index (χ1) is 6.35. The molecule has 4 heteroatoms. The minimum Gasteiger partial charge on any atom is -0.355 e. The van der Waals surface area contributed by atoms with Crippen molar-refractivity contribution in [3.8, 4) is 0 Å². The van der Waals surface area contributed by atoms with E-state index in [2.05, 4.69) is 26.1 Å². The molecule has 0 aliphatic rings. The number of hydrogen-bond donors (Lipinski definition) is 3. The van der Waals surface area contributed by atoms with E-state index < -0.39 is 0 Å². The Morgan fingerprint density at radius 3 is 2.43 bits per heavy atom. The number of hydrogen-bond acceptors (Lipinski definition) is 3. The molecule has 1 amide bonds. The average Bonchev–Trinajstić information content (AvgIpc) is 1.96. The Hall–Kier alpha value is -0.610. The SMILES string of the molecule is CC(C)(C)CC(N)CC(=O)NCCN. The van der Waals surface area contributed by atoms with Gasteiger partial charge in [0.1, 0.15) is 0 Å². The summed E-state index contributed by atoms with van der Waals surface area (Å²) in [6, 6.07) is -0.0622. The first-order valence-electron chi connectivity index (χ1n) is 5.07. The summed E-state index contributed by atoms with van der Waals surface area (Å²) < 4.78 is 0. The van der Waals surface area contributed by atoms with Crippen LogP contribution in [0.15, 0.2) is 0 Å². The van der Waals surface area contributed by atoms with Crippen molar-refractivity contribution in [2.45, 2.75) is 39.7 Å². The molecule has 0 aliphatic heterocycles. The Kier molecular flexibility index (Phi) is 5.72. The second-order valence-electron chi connectivity index (χ2n) is 4.87. The molecular formula is C10H23N3O. The number of nitrogens with two attached hydrogens (primary N) is 2. The molecule has 0 bridgehead atoms. The Balaban J connectivity index is 3.71. The van der Waals surface area contributed by atoms with Crippen LogP contribution in [-0.2, 0) is 4.79 Å². The van der Waals surface area contributed by atoms with Crippen LogP contribution in [0.3, 0.4) is 0 Å². The Labute approximate surface area is 86.4 Å². The van der Waals surface area contributed by atoms with E-state index in [1.54, 1.807) is 0 Å². The van der Waals surface area contributed by atoms with Gasteiger partial charge in [0, 0.05) is 25.6 Å². The van der Waals surface area contributed by atoms with Crippen molar-refractivity contribution in [2.75, 3.05) is 13.1 Å². The summed E-state index contributed by atoms with van der Waals surface area (Å²) in [5.41, 5.74) is 11.3. The number of rotatable bonds is 5. The highest BCUT2D eigenvalue weighted by molar-refractivity contribution is 5.76. The molecule has 1 unspecified atom stereocenters. The van der Waals surface area contributed by atoms with Crippen LogP contribution in [0.5, 0.6) is 0 Å². The zero-order chi connectivity index (χ0) is 11.2. The van der Waals surface area contributed by atoms with Gasteiger partial charge in [-0.05, 0) is 11.8 Å². The zero-order valence-electron chi connectivity index (χ0n) is 9.47. The molecule has 0 heterocycles. The molecule has 4 nitrogen and oxygen atoms in total. The van der Waals surface area contributed by atoms with Crippen LogP contribution in [-0.4, -0.2) is 25.0 Å². The average molecular weight is 201 g/mol. The molecule has 0 saturated heterocycles. The van der Waals surface area contributed by atoms with E-state index in [4.69, 9.17) is 11.5 Å². The topological polar surface area (TPSA) is 81.1 Å². The monoisotopic (exact) mass is 201 g/mol. The Morgan fingerprint density at radius 1 is 1.43 bits per heavy atom. The molecule has 14 heavy (non-hydrogen) atoms. The molecule has 5 N–H and O–H groups in total. The lowest BCUT2D eigenvalue weighted by atomic mass is 9.87. The predicted molar refractivity (Wildman–Crippen MR) is 58.7 cm³/mol. The van der Waals surface area contributed by atoms with Gasteiger partial charge in [0.25, 0.3) is 0 Å². The summed E-state index contributed by atoms with van der Waals surface area (Å²) in [6.07, 6.45) is 1.24. The molecule has 0 fully saturated rings. The van der Waals surface area contributed by atoms with Crippen LogP contribution in [0.1, 0.15) is 33.6 Å². The van der Waals surface area contributed by atoms with Gasteiger partial charge >= 0.3 is 0 Å². The minimum absolute atomic E-state index is 0.00722. The number of amides is 1. The standard InChI is InChI=1S/C10H23N3O/c1-10(2,3)7-8(12)6-9(14)13-5-4-11/h8H,4-7,11-12H2,1-3H3,(H,13,14). The highest BCUT2D eigenvalue weighted by atomic mass is 16.1. The smallest absolute Gasteiger partial charge is 0.221 e. The fraction of sp³-hybridized carbons (Fsp3) is 0.900. The van der Waals surface area contributed by atoms with E-state index >= 15 is 0 Å². The first-order valence-corrected chi connectivity index (χ1v) is 5.07. The van der Waals surface area contributed by atoms with Crippen LogP contribution in [0.25, 0.3) is 0 Å². The molecule has 1 atom stereocenters. The lowest BCUT2D eigenvalue weighted by molar-refractivity contribution is -0.121. The summed E-state index contributed by atoms with van der Waals surface area (Å²) in [7, 11) is 0. The lowest BCUT2D eigenvalue weighted by Gasteiger charge is -2.22. The quantitative estimate of drug-likeness (QED) is 0.595. The summed E-state index contributed by atoms with van der Waals surface area (Å²) in [5.74, 6) is -0.00722. The van der Waals surface area contributed by atoms with E-state index in [9.17, 15) is 4.79 Å². The third-order valence-corrected chi connectivity index (χ3v) is 1.79. The van der Waals surface area contributed by atoms with Gasteiger partial charge in [0.2, 0.25) is 5.91 Å². The summed E-state index contributed by atoms with van der Waals surface area (Å²) in [6.45, 7) is 7.35. The van der Waals surface area contributed by atoms with Crippen molar-refractivity contribution in [1.29, 1.82) is 0 Å². The lowest BCUT2D eigenvalue weighted by Crippen LogP contribution is -2.36. The van der Waals surface area contributed by atoms with Crippen LogP contribution in [0.2, 0.25) is 0 Å². The van der Waals surface area contributed by atoms with E-state index in [0.29, 0.717) is 19.5 Å². The molecule has 0 aromatic heterocycles. The fourth-order valence-electron chi connectivity index (χ4n) is 1.38. The molecule has 0 aromatic carbocycles. The molecule has 0 aliphatic carbocycles. The van der Waals surface area contributed by atoms with Gasteiger partial charge < -0.3 is 16.8 Å². The highest BCUT2D eigenvalue weighted by Gasteiger charge is 2.17. The number of carbonyl (C=O) groups excluding carboxylic acids is 1. The number of carbonyl (C=O) groups is 1. The molecule has 0 saturated carbocycles. The van der Waals surface area contributed by atoms with E-state index in [-0.39, 0.29) is 17.4 Å². The number of nitrogens with one attached hydrogen (secondary N) is 1. The maximum absolute atomic E-state index is 11.3. The van der Waals surface area contributed by atoms with E-state index in [1.165, 1.54) is 0 Å². The van der Waals surface area contributed by atoms with Crippen molar-refractivity contribution >= 4 is 5.91 Å². The van der Waals surface area contributed by atoms with Gasteiger partial charge in [0.05, 0.1) is 0 Å². The van der Waals surface area contributed by atoms with Crippen molar-refractivity contribution in [3.63, 3.8) is 0 Å². The van der Waals surface area contributed by atoms with E-state index in [0.717, 1.165) is 6.42 Å².